The van der Waals surface area contributed by atoms with Crippen molar-refractivity contribution in [3.8, 4) is 11.5 Å². The largest absolute Gasteiger partial charge is 0.454 e. The average molecular weight is 656 g/mol. The topological polar surface area (TPSA) is 93.3 Å². The highest BCUT2D eigenvalue weighted by Crippen LogP contribution is 2.40. The molecule has 0 bridgehead atoms. The number of nitrogens with one attached hydrogen (secondary N) is 2. The van der Waals surface area contributed by atoms with Crippen molar-refractivity contribution in [1.29, 1.82) is 0 Å². The van der Waals surface area contributed by atoms with E-state index in [1.54, 1.807) is 48.7 Å². The number of amides is 3. The van der Waals surface area contributed by atoms with Gasteiger partial charge in [-0.2, -0.15) is 0 Å². The Morgan fingerprint density at radius 3 is 2.40 bits per heavy atom. The zero-order chi connectivity index (χ0) is 33.2. The van der Waals surface area contributed by atoms with Gasteiger partial charge in [0.2, 0.25) is 0 Å². The van der Waals surface area contributed by atoms with E-state index in [2.05, 4.69) is 32.5 Å². The van der Waals surface area contributed by atoms with Crippen molar-refractivity contribution in [1.82, 2.24) is 19.7 Å². The Hall–Kier alpha value is -4.81. The number of urea groups is 1. The molecule has 3 fully saturated rings. The molecular weight excluding hydrogens is 616 g/mol. The predicted molar refractivity (Wildman–Crippen MR) is 180 cm³/mol. The van der Waals surface area contributed by atoms with Crippen molar-refractivity contribution in [2.45, 2.75) is 18.9 Å². The highest BCUT2D eigenvalue weighted by atomic mass is 19.1. The summed E-state index contributed by atoms with van der Waals surface area (Å²) in [5, 5.41) is 5.61. The number of pyridine rings is 1. The van der Waals surface area contributed by atoms with Gasteiger partial charge in [0.15, 0.2) is 11.6 Å². The second-order valence-corrected chi connectivity index (χ2v) is 13.0. The van der Waals surface area contributed by atoms with E-state index in [4.69, 9.17) is 4.74 Å². The Labute approximate surface area is 278 Å². The molecule has 7 rings (SSSR count). The van der Waals surface area contributed by atoms with Crippen LogP contribution in [-0.4, -0.2) is 90.5 Å². The molecule has 0 spiro atoms. The van der Waals surface area contributed by atoms with Crippen LogP contribution < -0.4 is 20.3 Å². The smallest absolute Gasteiger partial charge is 0.323 e. The minimum atomic E-state index is -0.667. The van der Waals surface area contributed by atoms with E-state index >= 15 is 4.39 Å². The van der Waals surface area contributed by atoms with Gasteiger partial charge in [-0.15, -0.1) is 0 Å². The minimum absolute atomic E-state index is 0.0407. The normalized spacial score (nSPS) is 22.7. The Bertz CT molecular complexity index is 1710. The third-order valence-corrected chi connectivity index (χ3v) is 9.81. The molecule has 250 valence electrons. The third kappa shape index (κ3) is 7.19. The lowest BCUT2D eigenvalue weighted by Crippen LogP contribution is -2.48. The average Bonchev–Trinajstić information content (AvgIpc) is 3.67. The van der Waals surface area contributed by atoms with Gasteiger partial charge in [-0.05, 0) is 80.3 Å². The summed E-state index contributed by atoms with van der Waals surface area (Å²) in [6, 6.07) is 13.7. The van der Waals surface area contributed by atoms with Gasteiger partial charge in [0, 0.05) is 86.8 Å². The van der Waals surface area contributed by atoms with Gasteiger partial charge in [0.25, 0.3) is 5.91 Å². The number of benzene rings is 2. The van der Waals surface area contributed by atoms with Crippen molar-refractivity contribution in [3.05, 3.63) is 96.4 Å². The summed E-state index contributed by atoms with van der Waals surface area (Å²) >= 11 is 0. The van der Waals surface area contributed by atoms with Crippen LogP contribution in [-0.2, 0) is 4.79 Å². The molecule has 2 aromatic carbocycles. The number of hydrogen-bond acceptors (Lipinski definition) is 7. The van der Waals surface area contributed by atoms with Crippen LogP contribution in [0, 0.1) is 23.5 Å². The lowest BCUT2D eigenvalue weighted by molar-refractivity contribution is -0.112. The summed E-state index contributed by atoms with van der Waals surface area (Å²) < 4.78 is 34.2. The maximum Gasteiger partial charge on any atom is 0.323 e. The van der Waals surface area contributed by atoms with Gasteiger partial charge in [0.05, 0.1) is 6.54 Å². The second-order valence-electron chi connectivity index (χ2n) is 13.0. The Morgan fingerprint density at radius 2 is 1.67 bits per heavy atom. The molecule has 2 N–H and O–H groups in total. The number of halogens is 2. The van der Waals surface area contributed by atoms with E-state index in [0.29, 0.717) is 35.0 Å². The predicted octanol–water partition coefficient (Wildman–Crippen LogP) is 5.54. The molecule has 12 heteroatoms. The number of likely N-dealkylation sites (N-methyl/N-ethyl adjacent to an activating group) is 1. The van der Waals surface area contributed by atoms with Crippen molar-refractivity contribution >= 4 is 29.1 Å². The van der Waals surface area contributed by atoms with E-state index in [-0.39, 0.29) is 35.7 Å². The summed E-state index contributed by atoms with van der Waals surface area (Å²) in [7, 11) is 2.17. The Balaban J connectivity index is 0.907. The van der Waals surface area contributed by atoms with Crippen molar-refractivity contribution in [3.63, 3.8) is 0 Å². The van der Waals surface area contributed by atoms with E-state index in [9.17, 15) is 14.0 Å². The Morgan fingerprint density at radius 1 is 0.917 bits per heavy atom. The molecule has 2 saturated heterocycles. The van der Waals surface area contributed by atoms with Crippen LogP contribution in [0.25, 0.3) is 0 Å². The van der Waals surface area contributed by atoms with E-state index in [0.717, 1.165) is 57.8 Å². The summed E-state index contributed by atoms with van der Waals surface area (Å²) in [4.78, 5) is 39.0. The first kappa shape index (κ1) is 31.8. The molecule has 3 amide bonds. The van der Waals surface area contributed by atoms with Gasteiger partial charge >= 0.3 is 6.03 Å². The standard InChI is InChI=1S/C36H39F2N7O3/c1-42-13-15-43(16-14-42)30-17-25-22-45(23-26(25)18-30)36(47)41-34-20-31(10-11-39-34)48-33-9-6-28(19-32(33)38)40-35(46)24-3-2-12-44(21-24)29-7-4-27(37)5-8-29/h2-12,19-20,25-26,30H,13-18,21-23H2,1H3,(H,40,46)(H,39,41,47). The molecule has 2 atom stereocenters. The fraction of sp³-hybridized carbons (Fsp3) is 0.361. The molecule has 1 aliphatic carbocycles. The monoisotopic (exact) mass is 655 g/mol. The Kier molecular flexibility index (Phi) is 9.09. The second kappa shape index (κ2) is 13.7. The van der Waals surface area contributed by atoms with Gasteiger partial charge in [-0.1, -0.05) is 6.08 Å². The molecule has 2 unspecified atom stereocenters. The number of allylic oxidation sites excluding steroid dienone is 2. The fourth-order valence-corrected chi connectivity index (χ4v) is 7.16. The number of likely N-dealkylation sites (tertiary alicyclic amines) is 1. The number of piperazine rings is 1. The maximum atomic E-state index is 15.1. The lowest BCUT2D eigenvalue weighted by Gasteiger charge is -2.37. The number of anilines is 3. The number of carbonyl (C=O) groups is 2. The first-order valence-electron chi connectivity index (χ1n) is 16.4. The lowest BCUT2D eigenvalue weighted by atomic mass is 10.0. The molecule has 3 aromatic rings. The van der Waals surface area contributed by atoms with Crippen molar-refractivity contribution < 1.29 is 23.1 Å². The van der Waals surface area contributed by atoms with Gasteiger partial charge < -0.3 is 24.8 Å². The molecule has 3 aliphatic heterocycles. The van der Waals surface area contributed by atoms with Crippen LogP contribution in [0.1, 0.15) is 12.8 Å². The summed E-state index contributed by atoms with van der Waals surface area (Å²) in [5.74, 6) is 0.235. The molecule has 0 radical (unpaired) electrons. The van der Waals surface area contributed by atoms with Gasteiger partial charge in [-0.3, -0.25) is 15.0 Å². The number of ether oxygens (including phenoxy) is 1. The number of hydrogen-bond donors (Lipinski definition) is 2. The van der Waals surface area contributed by atoms with Crippen molar-refractivity contribution in [2.24, 2.45) is 11.8 Å². The highest BCUT2D eigenvalue weighted by molar-refractivity contribution is 6.05. The molecular formula is C36H39F2N7O3. The number of carbonyl (C=O) groups excluding carboxylic acids is 2. The highest BCUT2D eigenvalue weighted by Gasteiger charge is 2.44. The summed E-state index contributed by atoms with van der Waals surface area (Å²) in [5.41, 5.74) is 1.47. The SMILES string of the molecule is CN1CCN(C2CC3CN(C(=O)Nc4cc(Oc5ccc(NC(=O)C6=CC=CN(c7ccc(F)cc7)C6)cc5F)ccn4)CC3C2)CC1. The quantitative estimate of drug-likeness (QED) is 0.346. The molecule has 4 aliphatic rings. The van der Waals surface area contributed by atoms with Gasteiger partial charge in [-0.25, -0.2) is 18.6 Å². The van der Waals surface area contributed by atoms with Crippen LogP contribution in [0.15, 0.2) is 84.7 Å². The van der Waals surface area contributed by atoms with Crippen molar-refractivity contribution in [2.75, 3.05) is 68.4 Å². The first-order chi connectivity index (χ1) is 23.3. The van der Waals surface area contributed by atoms with E-state index in [1.807, 2.05) is 9.80 Å². The maximum absolute atomic E-state index is 15.1. The van der Waals surface area contributed by atoms with Gasteiger partial charge in [0.1, 0.15) is 17.4 Å². The summed E-state index contributed by atoms with van der Waals surface area (Å²) in [6.45, 7) is 6.23. The number of nitrogens with zero attached hydrogens (tertiary/aromatic N) is 5. The minimum Gasteiger partial charge on any atom is -0.454 e. The van der Waals surface area contributed by atoms with Crippen LogP contribution in [0.5, 0.6) is 11.5 Å². The first-order valence-corrected chi connectivity index (χ1v) is 16.4. The molecule has 1 saturated carbocycles. The number of fused-ring (bicyclic) bond motifs is 1. The van der Waals surface area contributed by atoms with Crippen LogP contribution in [0.4, 0.5) is 30.8 Å². The van der Waals surface area contributed by atoms with Crippen LogP contribution in [0.2, 0.25) is 0 Å². The van der Waals surface area contributed by atoms with Crippen LogP contribution >= 0.6 is 0 Å². The zero-order valence-corrected chi connectivity index (χ0v) is 26.8. The van der Waals surface area contributed by atoms with Crippen LogP contribution in [0.3, 0.4) is 0 Å². The molecule has 10 nitrogen and oxygen atoms in total. The molecule has 1 aromatic heterocycles. The van der Waals surface area contributed by atoms with E-state index in [1.165, 1.54) is 30.5 Å². The molecule has 4 heterocycles. The molecule has 48 heavy (non-hydrogen) atoms. The zero-order valence-electron chi connectivity index (χ0n) is 26.8. The fourth-order valence-electron chi connectivity index (χ4n) is 7.16. The number of rotatable bonds is 7. The summed E-state index contributed by atoms with van der Waals surface area (Å²) in [6.07, 6.45) is 8.98. The third-order valence-electron chi connectivity index (χ3n) is 9.81. The number of aromatic nitrogens is 1. The van der Waals surface area contributed by atoms with E-state index < -0.39 is 5.82 Å².